The number of benzene rings is 2. The fourth-order valence-electron chi connectivity index (χ4n) is 4.14. The average Bonchev–Trinajstić information content (AvgIpc) is 2.91. The number of ether oxygens (including phenoxy) is 2. The number of halogens is 3. The van der Waals surface area contributed by atoms with Crippen molar-refractivity contribution in [2.24, 2.45) is 0 Å². The zero-order valence-corrected chi connectivity index (χ0v) is 23.2. The fraction of sp³-hybridized carbons (Fsp3) is 0.310. The Morgan fingerprint density at radius 2 is 1.82 bits per heavy atom. The van der Waals surface area contributed by atoms with Crippen molar-refractivity contribution in [2.45, 2.75) is 44.7 Å². The minimum Gasteiger partial charge on any atom is -0.494 e. The van der Waals surface area contributed by atoms with E-state index in [1.807, 2.05) is 0 Å². The van der Waals surface area contributed by atoms with E-state index in [0.29, 0.717) is 22.4 Å². The quantitative estimate of drug-likeness (QED) is 0.278. The molecule has 1 aliphatic rings. The van der Waals surface area contributed by atoms with Gasteiger partial charge in [-0.2, -0.15) is 0 Å². The van der Waals surface area contributed by atoms with Crippen molar-refractivity contribution < 1.29 is 31.1 Å². The lowest BCUT2D eigenvalue weighted by atomic mass is 10.1. The Kier molecular flexibility index (Phi) is 9.26. The van der Waals surface area contributed by atoms with Crippen LogP contribution in [-0.4, -0.2) is 48.8 Å². The van der Waals surface area contributed by atoms with Crippen molar-refractivity contribution in [3.8, 4) is 5.75 Å². The van der Waals surface area contributed by atoms with E-state index in [9.17, 15) is 21.6 Å². The standard InChI is InChI=1S/C29H30F3N3O4S/c1-19-12-27(23-14-24(30)17-35(16-23)15-21-8-9-28(38-3)26(32)13-21)34-29(33-19)40(36,37)11-10-20(2)39-18-22-6-4-5-7-25(22)31/h4-9,12-14,16,20H,10-11,15,17-18H2,1-3H3. The Morgan fingerprint density at radius 3 is 2.55 bits per heavy atom. The van der Waals surface area contributed by atoms with Gasteiger partial charge in [0.2, 0.25) is 15.0 Å². The van der Waals surface area contributed by atoms with Crippen molar-refractivity contribution in [3.63, 3.8) is 0 Å². The third-order valence-corrected chi connectivity index (χ3v) is 7.78. The van der Waals surface area contributed by atoms with E-state index in [2.05, 4.69) is 9.97 Å². The first-order valence-electron chi connectivity index (χ1n) is 12.6. The molecule has 212 valence electrons. The van der Waals surface area contributed by atoms with Gasteiger partial charge in [-0.15, -0.1) is 0 Å². The second kappa shape index (κ2) is 12.6. The van der Waals surface area contributed by atoms with E-state index >= 15 is 0 Å². The lowest BCUT2D eigenvalue weighted by Gasteiger charge is -2.24. The summed E-state index contributed by atoms with van der Waals surface area (Å²) in [6.45, 7) is 3.54. The molecule has 3 aromatic rings. The summed E-state index contributed by atoms with van der Waals surface area (Å²) in [4.78, 5) is 10.0. The van der Waals surface area contributed by atoms with E-state index in [0.717, 1.165) is 0 Å². The van der Waals surface area contributed by atoms with Crippen molar-refractivity contribution in [1.82, 2.24) is 14.9 Å². The summed E-state index contributed by atoms with van der Waals surface area (Å²) in [5.74, 6) is -1.54. The van der Waals surface area contributed by atoms with Gasteiger partial charge in [-0.3, -0.25) is 0 Å². The highest BCUT2D eigenvalue weighted by Gasteiger charge is 2.23. The zero-order chi connectivity index (χ0) is 28.9. The molecule has 2 aromatic carbocycles. The predicted octanol–water partition coefficient (Wildman–Crippen LogP) is 5.55. The molecule has 1 unspecified atom stereocenters. The van der Waals surface area contributed by atoms with Gasteiger partial charge in [0.05, 0.1) is 37.8 Å². The molecule has 0 aliphatic carbocycles. The molecule has 1 aromatic heterocycles. The van der Waals surface area contributed by atoms with Gasteiger partial charge in [0.15, 0.2) is 11.6 Å². The molecular weight excluding hydrogens is 543 g/mol. The molecule has 2 heterocycles. The van der Waals surface area contributed by atoms with Gasteiger partial charge in [0, 0.05) is 29.6 Å². The number of nitrogens with zero attached hydrogens (tertiary/aromatic N) is 3. The van der Waals surface area contributed by atoms with E-state index in [1.54, 1.807) is 55.3 Å². The van der Waals surface area contributed by atoms with Crippen LogP contribution in [0.3, 0.4) is 0 Å². The Labute approximate surface area is 231 Å². The van der Waals surface area contributed by atoms with Crippen molar-refractivity contribution >= 4 is 15.4 Å². The highest BCUT2D eigenvalue weighted by atomic mass is 32.2. The van der Waals surface area contributed by atoms with Crippen LogP contribution >= 0.6 is 0 Å². The number of aromatic nitrogens is 2. The maximum Gasteiger partial charge on any atom is 0.247 e. The van der Waals surface area contributed by atoms with Crippen LogP contribution in [0.1, 0.15) is 35.9 Å². The Balaban J connectivity index is 1.47. The third-order valence-electron chi connectivity index (χ3n) is 6.27. The molecule has 4 rings (SSSR count). The fourth-order valence-corrected chi connectivity index (χ4v) is 5.49. The summed E-state index contributed by atoms with van der Waals surface area (Å²) in [7, 11) is -2.53. The molecule has 7 nitrogen and oxygen atoms in total. The molecule has 1 atom stereocenters. The number of rotatable bonds is 11. The smallest absolute Gasteiger partial charge is 0.247 e. The van der Waals surface area contributed by atoms with Crippen LogP contribution in [0, 0.1) is 18.6 Å². The molecule has 0 saturated heterocycles. The van der Waals surface area contributed by atoms with Crippen LogP contribution in [0.5, 0.6) is 5.75 Å². The molecular formula is C29H30F3N3O4S. The largest absolute Gasteiger partial charge is 0.494 e. The Bertz CT molecular complexity index is 1540. The molecule has 40 heavy (non-hydrogen) atoms. The van der Waals surface area contributed by atoms with Crippen LogP contribution < -0.4 is 4.74 Å². The van der Waals surface area contributed by atoms with Crippen molar-refractivity contribution in [3.05, 3.63) is 101 Å². The van der Waals surface area contributed by atoms with E-state index in [-0.39, 0.29) is 54.3 Å². The van der Waals surface area contributed by atoms with Gasteiger partial charge >= 0.3 is 0 Å². The molecule has 0 N–H and O–H groups in total. The van der Waals surface area contributed by atoms with Gasteiger partial charge < -0.3 is 14.4 Å². The first-order chi connectivity index (χ1) is 19.0. The Morgan fingerprint density at radius 1 is 1.05 bits per heavy atom. The monoisotopic (exact) mass is 573 g/mol. The number of aryl methyl sites for hydroxylation is 1. The lowest BCUT2D eigenvalue weighted by Crippen LogP contribution is -2.22. The van der Waals surface area contributed by atoms with E-state index in [4.69, 9.17) is 9.47 Å². The molecule has 0 radical (unpaired) electrons. The van der Waals surface area contributed by atoms with Crippen LogP contribution in [0.2, 0.25) is 0 Å². The third kappa shape index (κ3) is 7.48. The summed E-state index contributed by atoms with van der Waals surface area (Å²) in [5, 5.41) is -0.368. The van der Waals surface area contributed by atoms with Crippen LogP contribution in [0.15, 0.2) is 71.8 Å². The maximum atomic E-state index is 14.6. The second-order valence-electron chi connectivity index (χ2n) is 9.55. The van der Waals surface area contributed by atoms with Gasteiger partial charge in [-0.25, -0.2) is 31.6 Å². The van der Waals surface area contributed by atoms with Crippen molar-refractivity contribution in [2.75, 3.05) is 19.4 Å². The molecule has 11 heteroatoms. The summed E-state index contributed by atoms with van der Waals surface area (Å²) >= 11 is 0. The van der Waals surface area contributed by atoms with Gasteiger partial charge in [-0.1, -0.05) is 24.3 Å². The molecule has 0 spiro atoms. The summed E-state index contributed by atoms with van der Waals surface area (Å²) in [5.41, 5.74) is 2.00. The van der Waals surface area contributed by atoms with Crippen LogP contribution in [0.4, 0.5) is 13.2 Å². The normalized spacial score (nSPS) is 14.5. The SMILES string of the molecule is COc1ccc(CN2C=C(c3cc(C)nc(S(=O)(=O)CCC(C)OCc4ccccc4F)n3)C=C(F)C2)cc1F. The highest BCUT2D eigenvalue weighted by Crippen LogP contribution is 2.26. The molecule has 0 amide bonds. The number of hydrogen-bond donors (Lipinski definition) is 0. The highest BCUT2D eigenvalue weighted by molar-refractivity contribution is 7.91. The zero-order valence-electron chi connectivity index (χ0n) is 22.4. The van der Waals surface area contributed by atoms with E-state index < -0.39 is 27.6 Å². The summed E-state index contributed by atoms with van der Waals surface area (Å²) in [6, 6.07) is 12.3. The van der Waals surface area contributed by atoms with E-state index in [1.165, 1.54) is 31.4 Å². The number of hydrogen-bond acceptors (Lipinski definition) is 7. The van der Waals surface area contributed by atoms with Gasteiger partial charge in [0.1, 0.15) is 11.6 Å². The first kappa shape index (κ1) is 29.3. The topological polar surface area (TPSA) is 81.6 Å². The molecule has 0 fully saturated rings. The minimum atomic E-state index is -3.90. The second-order valence-corrected chi connectivity index (χ2v) is 11.6. The van der Waals surface area contributed by atoms with Crippen molar-refractivity contribution in [1.29, 1.82) is 0 Å². The maximum absolute atomic E-state index is 14.6. The lowest BCUT2D eigenvalue weighted by molar-refractivity contribution is 0.0497. The number of methoxy groups -OCH3 is 1. The summed E-state index contributed by atoms with van der Waals surface area (Å²) in [6.07, 6.45) is 2.63. The van der Waals surface area contributed by atoms with Gasteiger partial charge in [-0.05, 0) is 56.2 Å². The predicted molar refractivity (Wildman–Crippen MR) is 145 cm³/mol. The minimum absolute atomic E-state index is 0.0186. The number of allylic oxidation sites excluding steroid dienone is 2. The Hall–Kier alpha value is -3.70. The first-order valence-corrected chi connectivity index (χ1v) is 14.3. The summed E-state index contributed by atoms with van der Waals surface area (Å²) < 4.78 is 79.4. The number of sulfone groups is 1. The molecule has 1 aliphatic heterocycles. The molecule has 0 bridgehead atoms. The van der Waals surface area contributed by atoms with Crippen LogP contribution in [-0.2, 0) is 27.7 Å². The van der Waals surface area contributed by atoms with Crippen LogP contribution in [0.25, 0.3) is 5.57 Å². The molecule has 0 saturated carbocycles. The van der Waals surface area contributed by atoms with Gasteiger partial charge in [0.25, 0.3) is 0 Å². The average molecular weight is 574 g/mol.